The summed E-state index contributed by atoms with van der Waals surface area (Å²) in [5, 5.41) is 0. The predicted molar refractivity (Wildman–Crippen MR) is 55.2 cm³/mol. The van der Waals surface area contributed by atoms with Crippen LogP contribution in [0, 0.1) is 17.3 Å². The van der Waals surface area contributed by atoms with Crippen molar-refractivity contribution in [1.82, 2.24) is 0 Å². The lowest BCUT2D eigenvalue weighted by molar-refractivity contribution is 0.00393. The summed E-state index contributed by atoms with van der Waals surface area (Å²) in [5.41, 5.74) is 0.712. The second-order valence-corrected chi connectivity index (χ2v) is 5.15. The first-order valence-electron chi connectivity index (χ1n) is 5.60. The standard InChI is InChI=1S/C12H24/c1-5-6-8-12(4)9-7-11(12)10(2)3/h10-11H,5-9H2,1-4H3. The Morgan fingerprint density at radius 3 is 2.42 bits per heavy atom. The Bertz CT molecular complexity index is 137. The number of hydrogen-bond acceptors (Lipinski definition) is 0. The molecule has 0 heteroatoms. The van der Waals surface area contributed by atoms with E-state index in [9.17, 15) is 0 Å². The molecule has 0 saturated heterocycles. The first-order chi connectivity index (χ1) is 5.60. The summed E-state index contributed by atoms with van der Waals surface area (Å²) >= 11 is 0. The first kappa shape index (κ1) is 10.1. The maximum atomic E-state index is 2.50. The van der Waals surface area contributed by atoms with E-state index in [4.69, 9.17) is 0 Å². The van der Waals surface area contributed by atoms with Crippen molar-refractivity contribution in [3.63, 3.8) is 0 Å². The fraction of sp³-hybridized carbons (Fsp3) is 1.00. The monoisotopic (exact) mass is 168 g/mol. The predicted octanol–water partition coefficient (Wildman–Crippen LogP) is 4.25. The van der Waals surface area contributed by atoms with Crippen LogP contribution in [0.25, 0.3) is 0 Å². The SMILES string of the molecule is CCCCC1(C)CCC1C(C)C. The molecular weight excluding hydrogens is 144 g/mol. The molecule has 1 fully saturated rings. The van der Waals surface area contributed by atoms with Crippen molar-refractivity contribution in [3.8, 4) is 0 Å². The van der Waals surface area contributed by atoms with Gasteiger partial charge in [0.2, 0.25) is 0 Å². The van der Waals surface area contributed by atoms with Crippen LogP contribution in [0.2, 0.25) is 0 Å². The molecule has 12 heavy (non-hydrogen) atoms. The van der Waals surface area contributed by atoms with Gasteiger partial charge in [-0.3, -0.25) is 0 Å². The highest BCUT2D eigenvalue weighted by atomic mass is 14.5. The van der Waals surface area contributed by atoms with Gasteiger partial charge in [-0.1, -0.05) is 40.5 Å². The summed E-state index contributed by atoms with van der Waals surface area (Å²) in [6.45, 7) is 9.56. The molecule has 0 aromatic carbocycles. The third-order valence-electron chi connectivity index (χ3n) is 3.83. The van der Waals surface area contributed by atoms with Gasteiger partial charge in [0.05, 0.1) is 0 Å². The highest BCUT2D eigenvalue weighted by molar-refractivity contribution is 4.93. The third kappa shape index (κ3) is 1.84. The fourth-order valence-corrected chi connectivity index (χ4v) is 2.83. The topological polar surface area (TPSA) is 0 Å². The molecule has 0 nitrogen and oxygen atoms in total. The van der Waals surface area contributed by atoms with Crippen molar-refractivity contribution < 1.29 is 0 Å². The number of rotatable bonds is 4. The number of hydrogen-bond donors (Lipinski definition) is 0. The summed E-state index contributed by atoms with van der Waals surface area (Å²) in [5.74, 6) is 1.92. The van der Waals surface area contributed by atoms with Crippen molar-refractivity contribution in [2.75, 3.05) is 0 Å². The van der Waals surface area contributed by atoms with Crippen molar-refractivity contribution in [3.05, 3.63) is 0 Å². The highest BCUT2D eigenvalue weighted by Gasteiger charge is 2.42. The highest BCUT2D eigenvalue weighted by Crippen LogP contribution is 2.53. The van der Waals surface area contributed by atoms with E-state index >= 15 is 0 Å². The fourth-order valence-electron chi connectivity index (χ4n) is 2.83. The first-order valence-corrected chi connectivity index (χ1v) is 5.60. The normalized spacial score (nSPS) is 35.2. The summed E-state index contributed by atoms with van der Waals surface area (Å²) < 4.78 is 0. The molecule has 0 N–H and O–H groups in total. The van der Waals surface area contributed by atoms with Gasteiger partial charge in [-0.05, 0) is 36.5 Å². The molecule has 2 atom stereocenters. The molecule has 0 aromatic rings. The van der Waals surface area contributed by atoms with Gasteiger partial charge in [-0.2, -0.15) is 0 Å². The average molecular weight is 168 g/mol. The Hall–Kier alpha value is 0. The zero-order valence-electron chi connectivity index (χ0n) is 9.19. The third-order valence-corrected chi connectivity index (χ3v) is 3.83. The molecule has 1 saturated carbocycles. The molecule has 1 aliphatic carbocycles. The van der Waals surface area contributed by atoms with Gasteiger partial charge < -0.3 is 0 Å². The van der Waals surface area contributed by atoms with Crippen molar-refractivity contribution in [2.24, 2.45) is 17.3 Å². The minimum Gasteiger partial charge on any atom is -0.0654 e. The van der Waals surface area contributed by atoms with Gasteiger partial charge in [0.1, 0.15) is 0 Å². The summed E-state index contributed by atoms with van der Waals surface area (Å²) in [6, 6.07) is 0. The molecule has 0 heterocycles. The second-order valence-electron chi connectivity index (χ2n) is 5.15. The maximum Gasteiger partial charge on any atom is -0.0295 e. The van der Waals surface area contributed by atoms with E-state index in [2.05, 4.69) is 27.7 Å². The van der Waals surface area contributed by atoms with Gasteiger partial charge >= 0.3 is 0 Å². The zero-order valence-corrected chi connectivity index (χ0v) is 9.19. The Balaban J connectivity index is 2.38. The van der Waals surface area contributed by atoms with E-state index < -0.39 is 0 Å². The van der Waals surface area contributed by atoms with Gasteiger partial charge in [-0.25, -0.2) is 0 Å². The van der Waals surface area contributed by atoms with E-state index in [1.54, 1.807) is 0 Å². The number of unbranched alkanes of at least 4 members (excludes halogenated alkanes) is 1. The lowest BCUT2D eigenvalue weighted by atomic mass is 9.55. The van der Waals surface area contributed by atoms with E-state index in [1.807, 2.05) is 0 Å². The van der Waals surface area contributed by atoms with Crippen LogP contribution < -0.4 is 0 Å². The van der Waals surface area contributed by atoms with Gasteiger partial charge in [0, 0.05) is 0 Å². The smallest absolute Gasteiger partial charge is 0.0295 e. The quantitative estimate of drug-likeness (QED) is 0.588. The van der Waals surface area contributed by atoms with Crippen LogP contribution in [-0.2, 0) is 0 Å². The molecule has 0 spiro atoms. The molecule has 0 aliphatic heterocycles. The Morgan fingerprint density at radius 1 is 1.42 bits per heavy atom. The summed E-state index contributed by atoms with van der Waals surface area (Å²) in [6.07, 6.45) is 7.22. The summed E-state index contributed by atoms with van der Waals surface area (Å²) in [4.78, 5) is 0. The minimum atomic E-state index is 0.712. The molecule has 72 valence electrons. The average Bonchev–Trinajstić information content (AvgIpc) is 1.97. The zero-order chi connectivity index (χ0) is 9.19. The molecule has 2 unspecified atom stereocenters. The maximum absolute atomic E-state index is 2.50. The van der Waals surface area contributed by atoms with E-state index in [0.717, 1.165) is 11.8 Å². The second kappa shape index (κ2) is 3.81. The van der Waals surface area contributed by atoms with Crippen LogP contribution in [0.3, 0.4) is 0 Å². The van der Waals surface area contributed by atoms with E-state index in [-0.39, 0.29) is 0 Å². The molecule has 0 aromatic heterocycles. The Morgan fingerprint density at radius 2 is 2.08 bits per heavy atom. The largest absolute Gasteiger partial charge is 0.0654 e. The summed E-state index contributed by atoms with van der Waals surface area (Å²) in [7, 11) is 0. The molecular formula is C12H24. The Labute approximate surface area is 77.7 Å². The van der Waals surface area contributed by atoms with Crippen molar-refractivity contribution >= 4 is 0 Å². The van der Waals surface area contributed by atoms with Crippen molar-refractivity contribution in [1.29, 1.82) is 0 Å². The lowest BCUT2D eigenvalue weighted by Crippen LogP contribution is -2.40. The van der Waals surface area contributed by atoms with Gasteiger partial charge in [0.15, 0.2) is 0 Å². The molecule has 1 aliphatic rings. The van der Waals surface area contributed by atoms with Crippen LogP contribution in [0.4, 0.5) is 0 Å². The van der Waals surface area contributed by atoms with Gasteiger partial charge in [-0.15, -0.1) is 0 Å². The van der Waals surface area contributed by atoms with Crippen LogP contribution in [-0.4, -0.2) is 0 Å². The van der Waals surface area contributed by atoms with Crippen LogP contribution in [0.5, 0.6) is 0 Å². The van der Waals surface area contributed by atoms with Gasteiger partial charge in [0.25, 0.3) is 0 Å². The molecule has 0 amide bonds. The van der Waals surface area contributed by atoms with Crippen LogP contribution in [0.15, 0.2) is 0 Å². The molecule has 0 bridgehead atoms. The molecule has 1 rings (SSSR count). The van der Waals surface area contributed by atoms with Crippen molar-refractivity contribution in [2.45, 2.75) is 59.8 Å². The Kier molecular flexibility index (Phi) is 3.20. The van der Waals surface area contributed by atoms with Crippen LogP contribution in [0.1, 0.15) is 59.8 Å². The van der Waals surface area contributed by atoms with Crippen LogP contribution >= 0.6 is 0 Å². The van der Waals surface area contributed by atoms with E-state index in [1.165, 1.54) is 32.1 Å². The molecule has 0 radical (unpaired) electrons. The van der Waals surface area contributed by atoms with E-state index in [0.29, 0.717) is 5.41 Å². The lowest BCUT2D eigenvalue weighted by Gasteiger charge is -2.50. The minimum absolute atomic E-state index is 0.712.